The molecule has 0 bridgehead atoms. The van der Waals surface area contributed by atoms with E-state index in [0.29, 0.717) is 13.1 Å². The fourth-order valence-electron chi connectivity index (χ4n) is 2.64. The first kappa shape index (κ1) is 20.3. The highest BCUT2D eigenvalue weighted by molar-refractivity contribution is 5.89. The molecule has 0 spiro atoms. The zero-order valence-electron chi connectivity index (χ0n) is 14.3. The smallest absolute Gasteiger partial charge is 0.321 e. The summed E-state index contributed by atoms with van der Waals surface area (Å²) in [6.07, 6.45) is 2.15. The molecule has 1 fully saturated rings. The third-order valence-electron chi connectivity index (χ3n) is 4.00. The van der Waals surface area contributed by atoms with Gasteiger partial charge in [0.25, 0.3) is 0 Å². The second-order valence-corrected chi connectivity index (χ2v) is 6.00. The predicted molar refractivity (Wildman–Crippen MR) is 98.5 cm³/mol. The maximum absolute atomic E-state index is 12.1. The molecule has 3 N–H and O–H groups in total. The number of hydrogen-bond acceptors (Lipinski definition) is 3. The molecule has 1 aromatic carbocycles. The monoisotopic (exact) mass is 354 g/mol. The van der Waals surface area contributed by atoms with Crippen LogP contribution in [0.15, 0.2) is 24.3 Å². The van der Waals surface area contributed by atoms with E-state index in [2.05, 4.69) is 16.0 Å². The molecule has 3 amide bonds. The Labute approximate surface area is 149 Å². The summed E-state index contributed by atoms with van der Waals surface area (Å²) in [5.41, 5.74) is 1.73. The van der Waals surface area contributed by atoms with Crippen LogP contribution in [0.1, 0.15) is 25.3 Å². The lowest BCUT2D eigenvalue weighted by Crippen LogP contribution is -2.34. The molecule has 1 saturated heterocycles. The SMILES string of the molecule is CNCC(C)C(=O)NCc1cccc(NC(=O)N2CCCC2)c1.Cl. The van der Waals surface area contributed by atoms with Gasteiger partial charge in [0.1, 0.15) is 0 Å². The van der Waals surface area contributed by atoms with Gasteiger partial charge in [-0.05, 0) is 37.6 Å². The fraction of sp³-hybridized carbons (Fsp3) is 0.529. The summed E-state index contributed by atoms with van der Waals surface area (Å²) in [5.74, 6) is -0.0519. The lowest BCUT2D eigenvalue weighted by Gasteiger charge is -2.17. The van der Waals surface area contributed by atoms with Gasteiger partial charge in [-0.3, -0.25) is 4.79 Å². The van der Waals surface area contributed by atoms with E-state index in [1.165, 1.54) is 0 Å². The Morgan fingerprint density at radius 1 is 1.25 bits per heavy atom. The Kier molecular flexibility index (Phi) is 8.57. The highest BCUT2D eigenvalue weighted by Gasteiger charge is 2.17. The Bertz CT molecular complexity index is 547. The molecule has 1 unspecified atom stereocenters. The molecule has 2 rings (SSSR count). The maximum atomic E-state index is 12.1. The van der Waals surface area contributed by atoms with Gasteiger partial charge >= 0.3 is 6.03 Å². The van der Waals surface area contributed by atoms with Crippen molar-refractivity contribution in [3.8, 4) is 0 Å². The van der Waals surface area contributed by atoms with Crippen LogP contribution in [0.4, 0.5) is 10.5 Å². The van der Waals surface area contributed by atoms with Crippen molar-refractivity contribution in [1.82, 2.24) is 15.5 Å². The molecule has 6 nitrogen and oxygen atoms in total. The zero-order chi connectivity index (χ0) is 16.7. The van der Waals surface area contributed by atoms with Gasteiger partial charge in [-0.1, -0.05) is 19.1 Å². The Morgan fingerprint density at radius 2 is 1.96 bits per heavy atom. The number of anilines is 1. The van der Waals surface area contributed by atoms with Crippen molar-refractivity contribution < 1.29 is 9.59 Å². The van der Waals surface area contributed by atoms with Crippen molar-refractivity contribution in [2.24, 2.45) is 5.92 Å². The minimum absolute atomic E-state index is 0. The quantitative estimate of drug-likeness (QED) is 0.733. The highest BCUT2D eigenvalue weighted by atomic mass is 35.5. The number of carbonyl (C=O) groups is 2. The van der Waals surface area contributed by atoms with E-state index >= 15 is 0 Å². The van der Waals surface area contributed by atoms with Crippen molar-refractivity contribution in [2.75, 3.05) is 32.0 Å². The van der Waals surface area contributed by atoms with Crippen LogP contribution in [0.25, 0.3) is 0 Å². The molecular formula is C17H27ClN4O2. The van der Waals surface area contributed by atoms with Gasteiger partial charge in [0.05, 0.1) is 0 Å². The van der Waals surface area contributed by atoms with Gasteiger partial charge < -0.3 is 20.9 Å². The Hall–Kier alpha value is -1.79. The molecule has 134 valence electrons. The number of halogens is 1. The number of amides is 3. The maximum Gasteiger partial charge on any atom is 0.321 e. The first-order valence-electron chi connectivity index (χ1n) is 8.17. The number of rotatable bonds is 6. The molecule has 1 atom stereocenters. The molecule has 0 saturated carbocycles. The minimum Gasteiger partial charge on any atom is -0.352 e. The van der Waals surface area contributed by atoms with Gasteiger partial charge in [-0.15, -0.1) is 12.4 Å². The van der Waals surface area contributed by atoms with Crippen LogP contribution >= 0.6 is 12.4 Å². The number of carbonyl (C=O) groups excluding carboxylic acids is 2. The number of likely N-dealkylation sites (tertiary alicyclic amines) is 1. The van der Waals surface area contributed by atoms with Crippen LogP contribution < -0.4 is 16.0 Å². The van der Waals surface area contributed by atoms with Crippen molar-refractivity contribution in [2.45, 2.75) is 26.3 Å². The standard InChI is InChI=1S/C17H26N4O2.ClH/c1-13(11-18-2)16(22)19-12-14-6-5-7-15(10-14)20-17(23)21-8-3-4-9-21;/h5-7,10,13,18H,3-4,8-9,11-12H2,1-2H3,(H,19,22)(H,20,23);1H. The lowest BCUT2D eigenvalue weighted by atomic mass is 10.1. The summed E-state index contributed by atoms with van der Waals surface area (Å²) in [7, 11) is 1.83. The van der Waals surface area contributed by atoms with Gasteiger partial charge in [-0.25, -0.2) is 4.79 Å². The molecule has 7 heteroatoms. The summed E-state index contributed by atoms with van der Waals surface area (Å²) in [4.78, 5) is 25.8. The van der Waals surface area contributed by atoms with Gasteiger partial charge in [0.15, 0.2) is 0 Å². The van der Waals surface area contributed by atoms with Gasteiger partial charge in [-0.2, -0.15) is 0 Å². The van der Waals surface area contributed by atoms with E-state index in [4.69, 9.17) is 0 Å². The summed E-state index contributed by atoms with van der Waals surface area (Å²) in [6.45, 7) is 4.65. The number of urea groups is 1. The second-order valence-electron chi connectivity index (χ2n) is 6.00. The molecule has 0 aliphatic carbocycles. The van der Waals surface area contributed by atoms with Crippen LogP contribution in [0.3, 0.4) is 0 Å². The van der Waals surface area contributed by atoms with E-state index < -0.39 is 0 Å². The summed E-state index contributed by atoms with van der Waals surface area (Å²) < 4.78 is 0. The lowest BCUT2D eigenvalue weighted by molar-refractivity contribution is -0.124. The van der Waals surface area contributed by atoms with Crippen molar-refractivity contribution >= 4 is 30.0 Å². The predicted octanol–water partition coefficient (Wildman–Crippen LogP) is 2.21. The van der Waals surface area contributed by atoms with Gasteiger partial charge in [0.2, 0.25) is 5.91 Å². The average Bonchev–Trinajstić information content (AvgIpc) is 3.08. The van der Waals surface area contributed by atoms with E-state index in [-0.39, 0.29) is 30.3 Å². The minimum atomic E-state index is -0.0712. The summed E-state index contributed by atoms with van der Waals surface area (Å²) in [6, 6.07) is 7.54. The topological polar surface area (TPSA) is 73.5 Å². The first-order valence-corrected chi connectivity index (χ1v) is 8.17. The van der Waals surface area contributed by atoms with Crippen molar-refractivity contribution in [3.05, 3.63) is 29.8 Å². The Morgan fingerprint density at radius 3 is 2.62 bits per heavy atom. The molecule has 1 aliphatic heterocycles. The van der Waals surface area contributed by atoms with Crippen molar-refractivity contribution in [1.29, 1.82) is 0 Å². The summed E-state index contributed by atoms with van der Waals surface area (Å²) >= 11 is 0. The molecule has 0 radical (unpaired) electrons. The fourth-order valence-corrected chi connectivity index (χ4v) is 2.64. The molecule has 1 aliphatic rings. The third kappa shape index (κ3) is 6.02. The second kappa shape index (κ2) is 10.2. The number of nitrogens with zero attached hydrogens (tertiary/aromatic N) is 1. The zero-order valence-corrected chi connectivity index (χ0v) is 15.1. The molecule has 1 aromatic rings. The van der Waals surface area contributed by atoms with Crippen molar-refractivity contribution in [3.63, 3.8) is 0 Å². The first-order chi connectivity index (χ1) is 11.1. The number of nitrogens with one attached hydrogen (secondary N) is 3. The van der Waals surface area contributed by atoms with Crippen LogP contribution in [0.2, 0.25) is 0 Å². The molecule has 24 heavy (non-hydrogen) atoms. The van der Waals surface area contributed by atoms with Crippen LogP contribution in [-0.2, 0) is 11.3 Å². The summed E-state index contributed by atoms with van der Waals surface area (Å²) in [5, 5.41) is 8.83. The normalized spacial score (nSPS) is 14.7. The third-order valence-corrected chi connectivity index (χ3v) is 4.00. The van der Waals surface area contributed by atoms with Gasteiger partial charge in [0, 0.05) is 37.8 Å². The van der Waals surface area contributed by atoms with E-state index in [9.17, 15) is 9.59 Å². The number of benzene rings is 1. The highest BCUT2D eigenvalue weighted by Crippen LogP contribution is 2.14. The molecular weight excluding hydrogens is 328 g/mol. The van der Waals surface area contributed by atoms with E-state index in [1.807, 2.05) is 43.1 Å². The van der Waals surface area contributed by atoms with E-state index in [1.54, 1.807) is 0 Å². The average molecular weight is 355 g/mol. The van der Waals surface area contributed by atoms with Crippen LogP contribution in [0.5, 0.6) is 0 Å². The largest absolute Gasteiger partial charge is 0.352 e. The molecule has 1 heterocycles. The van der Waals surface area contributed by atoms with Crippen LogP contribution in [-0.4, -0.2) is 43.5 Å². The Balaban J connectivity index is 0.00000288. The molecule has 0 aromatic heterocycles. The number of hydrogen-bond donors (Lipinski definition) is 3. The van der Waals surface area contributed by atoms with Crippen LogP contribution in [0, 0.1) is 5.92 Å². The van der Waals surface area contributed by atoms with E-state index in [0.717, 1.165) is 37.2 Å².